The fourth-order valence-electron chi connectivity index (χ4n) is 2.27. The molecule has 0 spiro atoms. The standard InChI is InChI=1S/C13H21.4C2H6/c1-7-13-11(5)9(3)8(2)10(4)12(13)6;4*1-2/h9H,7H2,1-6H3;4*1-2H3. The Morgan fingerprint density at radius 2 is 1.00 bits per heavy atom. The number of rotatable bonds is 1. The van der Waals surface area contributed by atoms with E-state index in [1.165, 1.54) is 17.9 Å². The molecule has 0 bridgehead atoms. The quantitative estimate of drug-likeness (QED) is 0.455. The fraction of sp³-hybridized carbons (Fsp3) is 0.762. The molecule has 0 amide bonds. The summed E-state index contributed by atoms with van der Waals surface area (Å²) >= 11 is 0. The minimum atomic E-state index is 0.652. The molecule has 0 heterocycles. The highest BCUT2D eigenvalue weighted by Crippen LogP contribution is 2.40. The lowest BCUT2D eigenvalue weighted by Crippen LogP contribution is -2.15. The zero-order chi connectivity index (χ0) is 18.2. The molecule has 0 N–H and O–H groups in total. The van der Waals surface area contributed by atoms with Crippen LogP contribution in [0.15, 0.2) is 22.3 Å². The zero-order valence-corrected chi connectivity index (χ0v) is 17.8. The van der Waals surface area contributed by atoms with Gasteiger partial charge in [-0.25, -0.2) is 0 Å². The Bertz CT molecular complexity index is 266. The van der Waals surface area contributed by atoms with E-state index in [1.807, 2.05) is 55.4 Å². The molecule has 21 heavy (non-hydrogen) atoms. The molecule has 1 rings (SSSR count). The molecular formula is C21H45. The van der Waals surface area contributed by atoms with E-state index in [9.17, 15) is 0 Å². The Morgan fingerprint density at radius 1 is 0.667 bits per heavy atom. The first-order valence-electron chi connectivity index (χ1n) is 9.22. The Kier molecular flexibility index (Phi) is 26.5. The van der Waals surface area contributed by atoms with E-state index >= 15 is 0 Å². The van der Waals surface area contributed by atoms with Crippen LogP contribution in [0.1, 0.15) is 103 Å². The van der Waals surface area contributed by atoms with Crippen LogP contribution in [0.25, 0.3) is 0 Å². The lowest BCUT2D eigenvalue weighted by Gasteiger charge is -2.31. The van der Waals surface area contributed by atoms with Gasteiger partial charge in [-0.2, -0.15) is 0 Å². The molecule has 0 nitrogen and oxygen atoms in total. The van der Waals surface area contributed by atoms with Crippen molar-refractivity contribution in [2.45, 2.75) is 103 Å². The highest BCUT2D eigenvalue weighted by atomic mass is 14.3. The van der Waals surface area contributed by atoms with Crippen LogP contribution in [0.2, 0.25) is 0 Å². The molecule has 1 aliphatic rings. The average molecular weight is 298 g/mol. The molecule has 0 fully saturated rings. The van der Waals surface area contributed by atoms with Crippen molar-refractivity contribution >= 4 is 0 Å². The SMILES string of the molecule is CC.CC.CC.CC.CCC1=C(C)C(C)C(C)=C(C)[C]1C. The van der Waals surface area contributed by atoms with Gasteiger partial charge in [0.2, 0.25) is 0 Å². The van der Waals surface area contributed by atoms with E-state index in [1.54, 1.807) is 16.7 Å². The van der Waals surface area contributed by atoms with Gasteiger partial charge < -0.3 is 0 Å². The summed E-state index contributed by atoms with van der Waals surface area (Å²) in [5.41, 5.74) is 6.21. The van der Waals surface area contributed by atoms with Crippen molar-refractivity contribution in [2.75, 3.05) is 0 Å². The highest BCUT2D eigenvalue weighted by Gasteiger charge is 2.24. The van der Waals surface area contributed by atoms with Crippen molar-refractivity contribution in [3.63, 3.8) is 0 Å². The van der Waals surface area contributed by atoms with Gasteiger partial charge in [0.1, 0.15) is 0 Å². The van der Waals surface area contributed by atoms with Crippen molar-refractivity contribution in [2.24, 2.45) is 5.92 Å². The predicted molar refractivity (Wildman–Crippen MR) is 105 cm³/mol. The normalized spacial score (nSPS) is 17.1. The van der Waals surface area contributed by atoms with Crippen LogP contribution in [0.5, 0.6) is 0 Å². The summed E-state index contributed by atoms with van der Waals surface area (Å²) in [6.45, 7) is 29.6. The number of hydrogen-bond acceptors (Lipinski definition) is 0. The molecule has 0 aromatic carbocycles. The van der Waals surface area contributed by atoms with Gasteiger partial charge in [0.05, 0.1) is 0 Å². The van der Waals surface area contributed by atoms with E-state index < -0.39 is 0 Å². The molecule has 0 aliphatic heterocycles. The van der Waals surface area contributed by atoms with Crippen molar-refractivity contribution in [3.05, 3.63) is 28.2 Å². The van der Waals surface area contributed by atoms with Crippen molar-refractivity contribution in [1.29, 1.82) is 0 Å². The molecule has 1 atom stereocenters. The van der Waals surface area contributed by atoms with Crippen molar-refractivity contribution in [1.82, 2.24) is 0 Å². The Hall–Kier alpha value is -0.520. The van der Waals surface area contributed by atoms with E-state index in [2.05, 4.69) is 41.5 Å². The van der Waals surface area contributed by atoms with Crippen LogP contribution < -0.4 is 0 Å². The zero-order valence-electron chi connectivity index (χ0n) is 17.8. The first kappa shape index (κ1) is 28.6. The third-order valence-electron chi connectivity index (χ3n) is 3.74. The van der Waals surface area contributed by atoms with Crippen LogP contribution in [0.3, 0.4) is 0 Å². The Morgan fingerprint density at radius 3 is 1.29 bits per heavy atom. The van der Waals surface area contributed by atoms with Gasteiger partial charge in [0, 0.05) is 5.92 Å². The summed E-state index contributed by atoms with van der Waals surface area (Å²) in [6, 6.07) is 0. The first-order chi connectivity index (χ1) is 10.0. The van der Waals surface area contributed by atoms with E-state index in [-0.39, 0.29) is 0 Å². The molecule has 0 aromatic rings. The minimum absolute atomic E-state index is 0.652. The van der Waals surface area contributed by atoms with Crippen LogP contribution in [-0.4, -0.2) is 0 Å². The molecule has 1 aliphatic carbocycles. The lowest BCUT2D eigenvalue weighted by atomic mass is 9.74. The number of hydrogen-bond donors (Lipinski definition) is 0. The summed E-state index contributed by atoms with van der Waals surface area (Å²) in [5.74, 6) is 2.16. The van der Waals surface area contributed by atoms with Crippen LogP contribution in [-0.2, 0) is 0 Å². The van der Waals surface area contributed by atoms with Crippen LogP contribution in [0, 0.1) is 11.8 Å². The molecule has 129 valence electrons. The molecule has 0 saturated carbocycles. The van der Waals surface area contributed by atoms with Gasteiger partial charge in [-0.1, -0.05) is 98.5 Å². The van der Waals surface area contributed by atoms with Gasteiger partial charge in [0.15, 0.2) is 0 Å². The molecule has 0 saturated heterocycles. The summed E-state index contributed by atoms with van der Waals surface area (Å²) in [6.07, 6.45) is 1.17. The summed E-state index contributed by atoms with van der Waals surface area (Å²) in [4.78, 5) is 0. The molecule has 1 unspecified atom stereocenters. The second kappa shape index (κ2) is 19.5. The first-order valence-corrected chi connectivity index (χ1v) is 9.22. The van der Waals surface area contributed by atoms with Gasteiger partial charge in [-0.3, -0.25) is 0 Å². The van der Waals surface area contributed by atoms with Crippen LogP contribution >= 0.6 is 0 Å². The van der Waals surface area contributed by atoms with E-state index in [0.717, 1.165) is 0 Å². The molecule has 0 aromatic heterocycles. The second-order valence-corrected chi connectivity index (χ2v) is 4.17. The average Bonchev–Trinajstić information content (AvgIpc) is 2.59. The third kappa shape index (κ3) is 9.17. The Balaban J connectivity index is -0.000000156. The van der Waals surface area contributed by atoms with Crippen molar-refractivity contribution < 1.29 is 0 Å². The topological polar surface area (TPSA) is 0 Å². The van der Waals surface area contributed by atoms with E-state index in [0.29, 0.717) is 5.92 Å². The molecule has 0 heteroatoms. The van der Waals surface area contributed by atoms with E-state index in [4.69, 9.17) is 0 Å². The maximum Gasteiger partial charge on any atom is 0.0223 e. The lowest BCUT2D eigenvalue weighted by molar-refractivity contribution is 0.728. The van der Waals surface area contributed by atoms with Gasteiger partial charge in [-0.05, 0) is 33.1 Å². The largest absolute Gasteiger partial charge is 0.0683 e. The maximum absolute atomic E-state index is 2.32. The summed E-state index contributed by atoms with van der Waals surface area (Å²) in [5, 5.41) is 0. The minimum Gasteiger partial charge on any atom is -0.0683 e. The van der Waals surface area contributed by atoms with Gasteiger partial charge in [0.25, 0.3) is 0 Å². The monoisotopic (exact) mass is 297 g/mol. The van der Waals surface area contributed by atoms with Gasteiger partial charge >= 0.3 is 0 Å². The highest BCUT2D eigenvalue weighted by molar-refractivity contribution is 5.49. The Labute approximate surface area is 138 Å². The summed E-state index contributed by atoms with van der Waals surface area (Å²) in [7, 11) is 0. The number of allylic oxidation sites excluding steroid dienone is 4. The smallest absolute Gasteiger partial charge is 0.0223 e. The fourth-order valence-corrected chi connectivity index (χ4v) is 2.27. The molecule has 1 radical (unpaired) electrons. The van der Waals surface area contributed by atoms with Gasteiger partial charge in [-0.15, -0.1) is 0 Å². The second-order valence-electron chi connectivity index (χ2n) is 4.17. The maximum atomic E-state index is 2.32. The van der Waals surface area contributed by atoms with Crippen molar-refractivity contribution in [3.8, 4) is 0 Å². The summed E-state index contributed by atoms with van der Waals surface area (Å²) < 4.78 is 0. The third-order valence-corrected chi connectivity index (χ3v) is 3.74. The predicted octanol–water partition coefficient (Wildman–Crippen LogP) is 8.40. The van der Waals surface area contributed by atoms with Crippen LogP contribution in [0.4, 0.5) is 0 Å². The molecular weight excluding hydrogens is 252 g/mol.